The van der Waals surface area contributed by atoms with Crippen LogP contribution < -0.4 is 0 Å². The van der Waals surface area contributed by atoms with Crippen molar-refractivity contribution < 1.29 is 14.6 Å². The molecular formula is C13H18O3. The molecule has 3 heteroatoms. The molecule has 2 unspecified atom stereocenters. The number of aromatic hydroxyl groups is 1. The van der Waals surface area contributed by atoms with E-state index < -0.39 is 0 Å². The van der Waals surface area contributed by atoms with Gasteiger partial charge in [-0.05, 0) is 30.5 Å². The average Bonchev–Trinajstić information content (AvgIpc) is 2.28. The van der Waals surface area contributed by atoms with Gasteiger partial charge in [0, 0.05) is 0 Å². The summed E-state index contributed by atoms with van der Waals surface area (Å²) in [6.45, 7) is 6.05. The van der Waals surface area contributed by atoms with Crippen molar-refractivity contribution in [1.29, 1.82) is 0 Å². The van der Waals surface area contributed by atoms with Crippen LogP contribution in [0.25, 0.3) is 0 Å². The molecule has 0 aliphatic heterocycles. The molecule has 0 saturated heterocycles. The maximum absolute atomic E-state index is 11.6. The van der Waals surface area contributed by atoms with Crippen LogP contribution >= 0.6 is 0 Å². The molecule has 16 heavy (non-hydrogen) atoms. The maximum Gasteiger partial charge on any atom is 0.309 e. The molecule has 1 rings (SSSR count). The molecular weight excluding hydrogens is 204 g/mol. The number of phenolic OH excluding ortho intramolecular Hbond substituents is 1. The molecule has 3 nitrogen and oxygen atoms in total. The topological polar surface area (TPSA) is 46.5 Å². The van der Waals surface area contributed by atoms with Gasteiger partial charge >= 0.3 is 5.97 Å². The van der Waals surface area contributed by atoms with Gasteiger partial charge < -0.3 is 9.84 Å². The van der Waals surface area contributed by atoms with E-state index in [1.54, 1.807) is 19.1 Å². The van der Waals surface area contributed by atoms with E-state index >= 15 is 0 Å². The second-order valence-electron chi connectivity index (χ2n) is 3.92. The van der Waals surface area contributed by atoms with Gasteiger partial charge in [-0.25, -0.2) is 0 Å². The summed E-state index contributed by atoms with van der Waals surface area (Å²) >= 11 is 0. The summed E-state index contributed by atoms with van der Waals surface area (Å²) in [7, 11) is 0. The third-order valence-corrected chi connectivity index (χ3v) is 2.83. The van der Waals surface area contributed by atoms with Crippen LogP contribution in [-0.2, 0) is 9.53 Å². The fourth-order valence-electron chi connectivity index (χ4n) is 1.54. The summed E-state index contributed by atoms with van der Waals surface area (Å²) in [5.74, 6) is -0.0352. The lowest BCUT2D eigenvalue weighted by Crippen LogP contribution is -2.20. The summed E-state index contributed by atoms with van der Waals surface area (Å²) in [4.78, 5) is 11.6. The van der Waals surface area contributed by atoms with Crippen LogP contribution in [0.5, 0.6) is 5.75 Å². The first-order valence-corrected chi connectivity index (χ1v) is 5.51. The smallest absolute Gasteiger partial charge is 0.309 e. The van der Waals surface area contributed by atoms with Crippen molar-refractivity contribution in [3.05, 3.63) is 29.8 Å². The van der Waals surface area contributed by atoms with Crippen molar-refractivity contribution in [3.8, 4) is 5.75 Å². The minimum Gasteiger partial charge on any atom is -0.508 e. The number of hydrogen-bond donors (Lipinski definition) is 1. The zero-order valence-electron chi connectivity index (χ0n) is 9.93. The standard InChI is InChI=1S/C13H18O3/c1-4-16-13(15)10(3)9(2)11-5-7-12(14)8-6-11/h5-10,14H,4H2,1-3H3. The number of phenols is 1. The second kappa shape index (κ2) is 5.54. The SMILES string of the molecule is CCOC(=O)C(C)C(C)c1ccc(O)cc1. The predicted octanol–water partition coefficient (Wildman–Crippen LogP) is 2.69. The van der Waals surface area contributed by atoms with Crippen molar-refractivity contribution in [2.45, 2.75) is 26.7 Å². The van der Waals surface area contributed by atoms with E-state index in [0.717, 1.165) is 5.56 Å². The molecule has 1 N–H and O–H groups in total. The minimum absolute atomic E-state index is 0.0830. The van der Waals surface area contributed by atoms with Crippen LogP contribution in [0.15, 0.2) is 24.3 Å². The molecule has 0 spiro atoms. The summed E-state index contributed by atoms with van der Waals surface area (Å²) in [5.41, 5.74) is 1.03. The van der Waals surface area contributed by atoms with Crippen molar-refractivity contribution >= 4 is 5.97 Å². The molecule has 0 aromatic heterocycles. The zero-order valence-corrected chi connectivity index (χ0v) is 9.93. The van der Waals surface area contributed by atoms with Gasteiger partial charge in [0.2, 0.25) is 0 Å². The van der Waals surface area contributed by atoms with E-state index in [4.69, 9.17) is 4.74 Å². The molecule has 0 bridgehead atoms. The number of carbonyl (C=O) groups is 1. The Hall–Kier alpha value is -1.51. The number of esters is 1. The molecule has 0 saturated carbocycles. The van der Waals surface area contributed by atoms with Gasteiger partial charge in [-0.2, -0.15) is 0 Å². The largest absolute Gasteiger partial charge is 0.508 e. The van der Waals surface area contributed by atoms with Gasteiger partial charge in [0.25, 0.3) is 0 Å². The molecule has 0 aliphatic carbocycles. The fraction of sp³-hybridized carbons (Fsp3) is 0.462. The van der Waals surface area contributed by atoms with Gasteiger partial charge in [-0.3, -0.25) is 4.79 Å². The quantitative estimate of drug-likeness (QED) is 0.797. The second-order valence-corrected chi connectivity index (χ2v) is 3.92. The normalized spacial score (nSPS) is 14.2. The first kappa shape index (κ1) is 12.6. The van der Waals surface area contributed by atoms with Crippen molar-refractivity contribution in [1.82, 2.24) is 0 Å². The summed E-state index contributed by atoms with van der Waals surface area (Å²) < 4.78 is 4.98. The van der Waals surface area contributed by atoms with E-state index in [-0.39, 0.29) is 23.6 Å². The molecule has 0 heterocycles. The first-order chi connectivity index (χ1) is 7.56. The Balaban J connectivity index is 2.73. The monoisotopic (exact) mass is 222 g/mol. The average molecular weight is 222 g/mol. The Morgan fingerprint density at radius 1 is 1.31 bits per heavy atom. The van der Waals surface area contributed by atoms with Crippen LogP contribution in [0.1, 0.15) is 32.3 Å². The number of hydrogen-bond acceptors (Lipinski definition) is 3. The lowest BCUT2D eigenvalue weighted by Gasteiger charge is -2.18. The van der Waals surface area contributed by atoms with Crippen LogP contribution in [0.3, 0.4) is 0 Å². The molecule has 0 aliphatic rings. The van der Waals surface area contributed by atoms with Crippen molar-refractivity contribution in [2.75, 3.05) is 6.61 Å². The Morgan fingerprint density at radius 2 is 1.88 bits per heavy atom. The van der Waals surface area contributed by atoms with Gasteiger partial charge in [0.15, 0.2) is 0 Å². The van der Waals surface area contributed by atoms with Crippen LogP contribution in [0, 0.1) is 5.92 Å². The van der Waals surface area contributed by atoms with Gasteiger partial charge in [-0.15, -0.1) is 0 Å². The Kier molecular flexibility index (Phi) is 4.35. The summed E-state index contributed by atoms with van der Waals surface area (Å²) in [6.07, 6.45) is 0. The highest BCUT2D eigenvalue weighted by atomic mass is 16.5. The van der Waals surface area contributed by atoms with E-state index in [2.05, 4.69) is 0 Å². The van der Waals surface area contributed by atoms with Gasteiger partial charge in [0.05, 0.1) is 12.5 Å². The lowest BCUT2D eigenvalue weighted by atomic mass is 9.89. The molecule has 0 amide bonds. The predicted molar refractivity (Wildman–Crippen MR) is 62.3 cm³/mol. The highest BCUT2D eigenvalue weighted by Gasteiger charge is 2.22. The van der Waals surface area contributed by atoms with E-state index in [9.17, 15) is 9.90 Å². The summed E-state index contributed by atoms with van der Waals surface area (Å²) in [6, 6.07) is 6.92. The van der Waals surface area contributed by atoms with Crippen LogP contribution in [0.4, 0.5) is 0 Å². The first-order valence-electron chi connectivity index (χ1n) is 5.51. The molecule has 0 radical (unpaired) electrons. The summed E-state index contributed by atoms with van der Waals surface area (Å²) in [5, 5.41) is 9.18. The van der Waals surface area contributed by atoms with E-state index in [1.807, 2.05) is 26.0 Å². The number of carbonyl (C=O) groups excluding carboxylic acids is 1. The molecule has 1 aromatic rings. The highest BCUT2D eigenvalue weighted by Crippen LogP contribution is 2.26. The number of rotatable bonds is 4. The zero-order chi connectivity index (χ0) is 12.1. The Morgan fingerprint density at radius 3 is 2.38 bits per heavy atom. The molecule has 88 valence electrons. The third-order valence-electron chi connectivity index (χ3n) is 2.83. The van der Waals surface area contributed by atoms with Crippen molar-refractivity contribution in [2.24, 2.45) is 5.92 Å². The molecule has 2 atom stereocenters. The van der Waals surface area contributed by atoms with Crippen LogP contribution in [0.2, 0.25) is 0 Å². The third kappa shape index (κ3) is 2.99. The van der Waals surface area contributed by atoms with Crippen LogP contribution in [-0.4, -0.2) is 17.7 Å². The van der Waals surface area contributed by atoms with Gasteiger partial charge in [0.1, 0.15) is 5.75 Å². The maximum atomic E-state index is 11.6. The Labute approximate surface area is 96.1 Å². The highest BCUT2D eigenvalue weighted by molar-refractivity contribution is 5.73. The molecule has 0 fully saturated rings. The van der Waals surface area contributed by atoms with Gasteiger partial charge in [-0.1, -0.05) is 26.0 Å². The molecule has 1 aromatic carbocycles. The van der Waals surface area contributed by atoms with E-state index in [1.165, 1.54) is 0 Å². The Bertz CT molecular complexity index is 343. The minimum atomic E-state index is -0.178. The van der Waals surface area contributed by atoms with E-state index in [0.29, 0.717) is 6.61 Å². The number of ether oxygens (including phenoxy) is 1. The fourth-order valence-corrected chi connectivity index (χ4v) is 1.54. The van der Waals surface area contributed by atoms with Crippen molar-refractivity contribution in [3.63, 3.8) is 0 Å². The number of benzene rings is 1. The lowest BCUT2D eigenvalue weighted by molar-refractivity contribution is -0.148.